The van der Waals surface area contributed by atoms with Crippen molar-refractivity contribution in [2.24, 2.45) is 0 Å². The van der Waals surface area contributed by atoms with E-state index in [1.165, 1.54) is 6.42 Å². The molecule has 1 N–H and O–H groups in total. The van der Waals surface area contributed by atoms with E-state index in [2.05, 4.69) is 5.32 Å². The summed E-state index contributed by atoms with van der Waals surface area (Å²) in [5.41, 5.74) is 0. The van der Waals surface area contributed by atoms with Gasteiger partial charge in [0.1, 0.15) is 0 Å². The first-order chi connectivity index (χ1) is 4.40. The van der Waals surface area contributed by atoms with Gasteiger partial charge in [-0.15, -0.1) is 12.4 Å². The van der Waals surface area contributed by atoms with Crippen molar-refractivity contribution in [2.75, 3.05) is 13.1 Å². The summed E-state index contributed by atoms with van der Waals surface area (Å²) >= 11 is 0. The summed E-state index contributed by atoms with van der Waals surface area (Å²) in [5, 5.41) is 3.32. The summed E-state index contributed by atoms with van der Waals surface area (Å²) in [6, 6.07) is 1.10. The minimum absolute atomic E-state index is 0. The number of amides is 1. The predicted octanol–water partition coefficient (Wildman–Crippen LogP) is -0.389. The minimum atomic E-state index is 0. The molecule has 2 bridgehead atoms. The second kappa shape index (κ2) is 2.76. The van der Waals surface area contributed by atoms with Gasteiger partial charge in [-0.25, -0.2) is 0 Å². The van der Waals surface area contributed by atoms with Gasteiger partial charge in [0.15, 0.2) is 0 Å². The average Bonchev–Trinajstić information content (AvgIpc) is 2.45. The molecule has 2 aliphatic heterocycles. The lowest BCUT2D eigenvalue weighted by molar-refractivity contribution is -0.119. The number of rotatable bonds is 1. The highest BCUT2D eigenvalue weighted by atomic mass is 35.5. The van der Waals surface area contributed by atoms with Crippen LogP contribution in [0.5, 0.6) is 0 Å². The number of hydrogen-bond donors (Lipinski definition) is 1. The van der Waals surface area contributed by atoms with Crippen LogP contribution in [0.15, 0.2) is 0 Å². The molecule has 0 aromatic carbocycles. The molecule has 2 saturated heterocycles. The molecule has 4 heteroatoms. The molecule has 3 nitrogen and oxygen atoms in total. The summed E-state index contributed by atoms with van der Waals surface area (Å²) < 4.78 is 0. The Morgan fingerprint density at radius 3 is 2.70 bits per heavy atom. The van der Waals surface area contributed by atoms with E-state index in [-0.39, 0.29) is 12.4 Å². The van der Waals surface area contributed by atoms with E-state index < -0.39 is 0 Å². The maximum absolute atomic E-state index is 10.3. The van der Waals surface area contributed by atoms with Crippen LogP contribution in [-0.2, 0) is 4.79 Å². The number of hydrogen-bond acceptors (Lipinski definition) is 2. The molecule has 0 unspecified atom stereocenters. The first-order valence-corrected chi connectivity index (χ1v) is 3.34. The summed E-state index contributed by atoms with van der Waals surface area (Å²) in [6.45, 7) is 1.93. The van der Waals surface area contributed by atoms with E-state index in [1.807, 2.05) is 4.90 Å². The Labute approximate surface area is 66.2 Å². The Bertz CT molecular complexity index is 142. The van der Waals surface area contributed by atoms with Gasteiger partial charge < -0.3 is 10.2 Å². The minimum Gasteiger partial charge on any atom is -0.339 e. The Hall–Kier alpha value is -0.280. The van der Waals surface area contributed by atoms with Gasteiger partial charge in [0.25, 0.3) is 0 Å². The number of carbonyl (C=O) groups is 1. The maximum atomic E-state index is 10.3. The van der Waals surface area contributed by atoms with Crippen LogP contribution in [0.2, 0.25) is 0 Å². The normalized spacial score (nSPS) is 35.8. The molecule has 0 radical (unpaired) electrons. The molecule has 0 aromatic heterocycles. The first kappa shape index (κ1) is 7.82. The highest BCUT2D eigenvalue weighted by molar-refractivity contribution is 5.85. The Morgan fingerprint density at radius 2 is 2.40 bits per heavy atom. The fraction of sp³-hybridized carbons (Fsp3) is 0.833. The van der Waals surface area contributed by atoms with Crippen LogP contribution in [0.1, 0.15) is 6.42 Å². The van der Waals surface area contributed by atoms with Crippen molar-refractivity contribution in [3.8, 4) is 0 Å². The second-order valence-corrected chi connectivity index (χ2v) is 2.80. The molecule has 0 aliphatic carbocycles. The molecule has 2 atom stereocenters. The topological polar surface area (TPSA) is 32.3 Å². The van der Waals surface area contributed by atoms with Crippen LogP contribution in [0.3, 0.4) is 0 Å². The SMILES string of the molecule is Cl.O=CN1C[C@@H]2C[C@H]1CN2. The number of nitrogens with one attached hydrogen (secondary N) is 1. The smallest absolute Gasteiger partial charge is 0.210 e. The lowest BCUT2D eigenvalue weighted by Crippen LogP contribution is -2.42. The predicted molar refractivity (Wildman–Crippen MR) is 40.2 cm³/mol. The third kappa shape index (κ3) is 0.995. The van der Waals surface area contributed by atoms with E-state index in [1.54, 1.807) is 0 Å². The zero-order valence-electron chi connectivity index (χ0n) is 5.62. The van der Waals surface area contributed by atoms with Gasteiger partial charge in [0, 0.05) is 25.2 Å². The second-order valence-electron chi connectivity index (χ2n) is 2.80. The van der Waals surface area contributed by atoms with Crippen LogP contribution in [0, 0.1) is 0 Å². The molecule has 0 aromatic rings. The maximum Gasteiger partial charge on any atom is 0.210 e. The van der Waals surface area contributed by atoms with Crippen molar-refractivity contribution in [1.29, 1.82) is 0 Å². The van der Waals surface area contributed by atoms with Crippen molar-refractivity contribution >= 4 is 18.8 Å². The van der Waals surface area contributed by atoms with Gasteiger partial charge in [0.05, 0.1) is 0 Å². The quantitative estimate of drug-likeness (QED) is 0.533. The van der Waals surface area contributed by atoms with Gasteiger partial charge >= 0.3 is 0 Å². The lowest BCUT2D eigenvalue weighted by Gasteiger charge is -2.22. The summed E-state index contributed by atoms with van der Waals surface area (Å²) in [4.78, 5) is 12.2. The fourth-order valence-corrected chi connectivity index (χ4v) is 1.72. The van der Waals surface area contributed by atoms with Crippen molar-refractivity contribution in [3.05, 3.63) is 0 Å². The zero-order valence-corrected chi connectivity index (χ0v) is 6.43. The Kier molecular flexibility index (Phi) is 2.16. The monoisotopic (exact) mass is 162 g/mol. The third-order valence-electron chi connectivity index (χ3n) is 2.23. The molecule has 2 fully saturated rings. The number of piperazine rings is 1. The molecule has 2 aliphatic rings. The van der Waals surface area contributed by atoms with Gasteiger partial charge in [0.2, 0.25) is 6.41 Å². The van der Waals surface area contributed by atoms with Gasteiger partial charge in [-0.05, 0) is 6.42 Å². The lowest BCUT2D eigenvalue weighted by atomic mass is 10.2. The average molecular weight is 163 g/mol. The van der Waals surface area contributed by atoms with Gasteiger partial charge in [-0.1, -0.05) is 0 Å². The van der Waals surface area contributed by atoms with E-state index in [0.29, 0.717) is 12.1 Å². The van der Waals surface area contributed by atoms with Crippen LogP contribution >= 0.6 is 12.4 Å². The summed E-state index contributed by atoms with van der Waals surface area (Å²) in [6.07, 6.45) is 2.13. The van der Waals surface area contributed by atoms with Gasteiger partial charge in [-0.2, -0.15) is 0 Å². The third-order valence-corrected chi connectivity index (χ3v) is 2.23. The standard InChI is InChI=1S/C6H10N2O.ClH/c9-4-8-3-5-1-6(8)2-7-5;/h4-7H,1-3H2;1H/t5-,6-;/m0./s1. The molecule has 58 valence electrons. The molecular formula is C6H11ClN2O. The van der Waals surface area contributed by atoms with Crippen LogP contribution < -0.4 is 5.32 Å². The highest BCUT2D eigenvalue weighted by Crippen LogP contribution is 2.20. The number of carbonyl (C=O) groups excluding carboxylic acids is 1. The van der Waals surface area contributed by atoms with E-state index >= 15 is 0 Å². The van der Waals surface area contributed by atoms with Crippen LogP contribution in [0.4, 0.5) is 0 Å². The first-order valence-electron chi connectivity index (χ1n) is 3.34. The van der Waals surface area contributed by atoms with Crippen LogP contribution in [-0.4, -0.2) is 36.5 Å². The molecular weight excluding hydrogens is 152 g/mol. The molecule has 2 rings (SSSR count). The van der Waals surface area contributed by atoms with E-state index in [0.717, 1.165) is 19.5 Å². The number of halogens is 1. The zero-order chi connectivity index (χ0) is 6.27. The van der Waals surface area contributed by atoms with Crippen molar-refractivity contribution in [2.45, 2.75) is 18.5 Å². The molecule has 10 heavy (non-hydrogen) atoms. The van der Waals surface area contributed by atoms with Crippen molar-refractivity contribution in [1.82, 2.24) is 10.2 Å². The summed E-state index contributed by atoms with van der Waals surface area (Å²) in [7, 11) is 0. The number of fused-ring (bicyclic) bond motifs is 2. The molecule has 0 spiro atoms. The summed E-state index contributed by atoms with van der Waals surface area (Å²) in [5.74, 6) is 0. The molecule has 1 amide bonds. The van der Waals surface area contributed by atoms with Crippen molar-refractivity contribution in [3.63, 3.8) is 0 Å². The molecule has 0 saturated carbocycles. The van der Waals surface area contributed by atoms with Crippen LogP contribution in [0.25, 0.3) is 0 Å². The van der Waals surface area contributed by atoms with Gasteiger partial charge in [-0.3, -0.25) is 4.79 Å². The molecule has 2 heterocycles. The number of likely N-dealkylation sites (tertiary alicyclic amines) is 1. The highest BCUT2D eigenvalue weighted by Gasteiger charge is 2.36. The largest absolute Gasteiger partial charge is 0.339 e. The van der Waals surface area contributed by atoms with Crippen molar-refractivity contribution < 1.29 is 4.79 Å². The van der Waals surface area contributed by atoms with E-state index in [4.69, 9.17) is 0 Å². The Morgan fingerprint density at radius 1 is 1.60 bits per heavy atom. The number of nitrogens with zero attached hydrogens (tertiary/aromatic N) is 1. The Balaban J connectivity index is 0.000000500. The fourth-order valence-electron chi connectivity index (χ4n) is 1.72. The van der Waals surface area contributed by atoms with E-state index in [9.17, 15) is 4.79 Å².